The van der Waals surface area contributed by atoms with E-state index in [1.165, 1.54) is 5.56 Å². The van der Waals surface area contributed by atoms with E-state index >= 15 is 0 Å². The summed E-state index contributed by atoms with van der Waals surface area (Å²) in [5.41, 5.74) is 4.06. The molecule has 0 spiro atoms. The van der Waals surface area contributed by atoms with Crippen LogP contribution in [-0.2, 0) is 6.42 Å². The van der Waals surface area contributed by atoms with E-state index in [2.05, 4.69) is 33.6 Å². The van der Waals surface area contributed by atoms with Gasteiger partial charge in [-0.05, 0) is 55.3 Å². The Hall–Kier alpha value is -3.72. The molecule has 0 atom stereocenters. The van der Waals surface area contributed by atoms with E-state index in [0.29, 0.717) is 28.6 Å². The van der Waals surface area contributed by atoms with Crippen molar-refractivity contribution in [2.45, 2.75) is 20.3 Å². The molecule has 1 aromatic heterocycles. The van der Waals surface area contributed by atoms with Gasteiger partial charge in [-0.3, -0.25) is 4.79 Å². The third-order valence-corrected chi connectivity index (χ3v) is 3.95. The molecule has 3 rings (SSSR count). The highest BCUT2D eigenvalue weighted by Crippen LogP contribution is 2.16. The van der Waals surface area contributed by atoms with E-state index in [4.69, 9.17) is 5.26 Å². The van der Waals surface area contributed by atoms with Gasteiger partial charge in [-0.15, -0.1) is 0 Å². The van der Waals surface area contributed by atoms with Crippen molar-refractivity contribution in [2.75, 3.05) is 10.6 Å². The van der Waals surface area contributed by atoms with Crippen molar-refractivity contribution in [3.8, 4) is 6.07 Å². The second-order valence-electron chi connectivity index (χ2n) is 6.04. The molecule has 3 aromatic rings. The summed E-state index contributed by atoms with van der Waals surface area (Å²) in [6.45, 7) is 3.88. The number of amides is 1. The largest absolute Gasteiger partial charge is 0.324 e. The number of nitrogens with one attached hydrogen (secondary N) is 2. The minimum atomic E-state index is -0.307. The average molecular weight is 357 g/mol. The number of nitrogens with zero attached hydrogens (tertiary/aromatic N) is 3. The topological polar surface area (TPSA) is 90.7 Å². The first-order valence-corrected chi connectivity index (χ1v) is 8.60. The van der Waals surface area contributed by atoms with Gasteiger partial charge in [-0.25, -0.2) is 9.97 Å². The molecule has 0 bridgehead atoms. The number of hydrogen-bond acceptors (Lipinski definition) is 5. The van der Waals surface area contributed by atoms with Gasteiger partial charge in [0.25, 0.3) is 5.91 Å². The summed E-state index contributed by atoms with van der Waals surface area (Å²) in [7, 11) is 0. The molecule has 6 heteroatoms. The lowest BCUT2D eigenvalue weighted by Crippen LogP contribution is -2.15. The molecule has 27 heavy (non-hydrogen) atoms. The van der Waals surface area contributed by atoms with E-state index < -0.39 is 0 Å². The highest BCUT2D eigenvalue weighted by Gasteiger charge is 2.11. The van der Waals surface area contributed by atoms with Gasteiger partial charge in [0.15, 0.2) is 0 Å². The summed E-state index contributed by atoms with van der Waals surface area (Å²) >= 11 is 0. The van der Waals surface area contributed by atoms with Gasteiger partial charge in [0, 0.05) is 17.1 Å². The van der Waals surface area contributed by atoms with E-state index in [-0.39, 0.29) is 11.6 Å². The lowest BCUT2D eigenvalue weighted by atomic mass is 10.1. The maximum absolute atomic E-state index is 12.6. The first-order chi connectivity index (χ1) is 13.1. The molecular formula is C21H19N5O. The highest BCUT2D eigenvalue weighted by molar-refractivity contribution is 6.03. The fourth-order valence-electron chi connectivity index (χ4n) is 2.56. The van der Waals surface area contributed by atoms with Crippen molar-refractivity contribution in [3.63, 3.8) is 0 Å². The highest BCUT2D eigenvalue weighted by atomic mass is 16.1. The van der Waals surface area contributed by atoms with Crippen LogP contribution in [0.5, 0.6) is 0 Å². The minimum Gasteiger partial charge on any atom is -0.324 e. The van der Waals surface area contributed by atoms with Gasteiger partial charge in [-0.1, -0.05) is 25.1 Å². The van der Waals surface area contributed by atoms with Crippen molar-refractivity contribution < 1.29 is 4.79 Å². The van der Waals surface area contributed by atoms with Crippen molar-refractivity contribution >= 4 is 23.2 Å². The predicted octanol–water partition coefficient (Wildman–Crippen LogP) is 4.22. The Balaban J connectivity index is 1.79. The van der Waals surface area contributed by atoms with Gasteiger partial charge in [0.1, 0.15) is 5.69 Å². The van der Waals surface area contributed by atoms with Crippen LogP contribution >= 0.6 is 0 Å². The quantitative estimate of drug-likeness (QED) is 0.713. The normalized spacial score (nSPS) is 10.1. The third-order valence-electron chi connectivity index (χ3n) is 3.95. The molecule has 134 valence electrons. The molecule has 2 aromatic carbocycles. The Morgan fingerprint density at radius 3 is 2.56 bits per heavy atom. The van der Waals surface area contributed by atoms with Crippen LogP contribution in [0.2, 0.25) is 0 Å². The Labute approximate surface area is 157 Å². The van der Waals surface area contributed by atoms with E-state index in [9.17, 15) is 4.79 Å². The Morgan fingerprint density at radius 1 is 1.07 bits per heavy atom. The number of aromatic nitrogens is 2. The van der Waals surface area contributed by atoms with Crippen LogP contribution < -0.4 is 10.6 Å². The van der Waals surface area contributed by atoms with Crippen LogP contribution in [0.3, 0.4) is 0 Å². The Bertz CT molecular complexity index is 1010. The van der Waals surface area contributed by atoms with Crippen molar-refractivity contribution in [1.82, 2.24) is 9.97 Å². The van der Waals surface area contributed by atoms with Crippen LogP contribution in [0, 0.1) is 18.3 Å². The smallest absolute Gasteiger partial charge is 0.274 e. The first-order valence-electron chi connectivity index (χ1n) is 8.60. The fourth-order valence-corrected chi connectivity index (χ4v) is 2.56. The molecule has 0 saturated heterocycles. The van der Waals surface area contributed by atoms with Crippen LogP contribution in [0.1, 0.15) is 34.2 Å². The fraction of sp³-hybridized carbons (Fsp3) is 0.143. The minimum absolute atomic E-state index is 0.265. The number of hydrogen-bond donors (Lipinski definition) is 2. The number of anilines is 3. The molecule has 0 aliphatic carbocycles. The second-order valence-corrected chi connectivity index (χ2v) is 6.04. The lowest BCUT2D eigenvalue weighted by Gasteiger charge is -2.09. The van der Waals surface area contributed by atoms with Crippen molar-refractivity contribution in [3.05, 3.63) is 77.1 Å². The molecule has 1 amide bonds. The van der Waals surface area contributed by atoms with Gasteiger partial charge in [0.05, 0.1) is 11.6 Å². The summed E-state index contributed by atoms with van der Waals surface area (Å²) in [5.74, 6) is -0.00450. The predicted molar refractivity (Wildman–Crippen MR) is 105 cm³/mol. The van der Waals surface area contributed by atoms with Crippen LogP contribution in [-0.4, -0.2) is 15.9 Å². The van der Waals surface area contributed by atoms with Gasteiger partial charge in [0.2, 0.25) is 5.95 Å². The number of rotatable bonds is 5. The average Bonchev–Trinajstić information content (AvgIpc) is 2.68. The number of aryl methyl sites for hydroxylation is 2. The molecule has 0 aliphatic heterocycles. The van der Waals surface area contributed by atoms with Gasteiger partial charge < -0.3 is 10.6 Å². The van der Waals surface area contributed by atoms with Gasteiger partial charge >= 0.3 is 0 Å². The van der Waals surface area contributed by atoms with Crippen LogP contribution in [0.15, 0.2) is 54.6 Å². The monoisotopic (exact) mass is 357 g/mol. The van der Waals surface area contributed by atoms with Crippen LogP contribution in [0.4, 0.5) is 17.3 Å². The van der Waals surface area contributed by atoms with E-state index in [1.54, 1.807) is 31.2 Å². The summed E-state index contributed by atoms with van der Waals surface area (Å²) in [6.07, 6.45) is 0.946. The van der Waals surface area contributed by atoms with Crippen LogP contribution in [0.25, 0.3) is 0 Å². The second kappa shape index (κ2) is 8.11. The maximum atomic E-state index is 12.6. The Morgan fingerprint density at radius 2 is 1.85 bits per heavy atom. The molecule has 0 aliphatic rings. The number of nitriles is 1. The van der Waals surface area contributed by atoms with Gasteiger partial charge in [-0.2, -0.15) is 5.26 Å². The maximum Gasteiger partial charge on any atom is 0.274 e. The molecule has 6 nitrogen and oxygen atoms in total. The SMILES string of the molecule is CCc1ccc(NC(=O)c2cc(C)nc(Nc3cccc(C#N)c3)n2)cc1. The number of benzene rings is 2. The molecule has 1 heterocycles. The molecule has 0 fully saturated rings. The Kier molecular flexibility index (Phi) is 5.43. The molecule has 2 N–H and O–H groups in total. The summed E-state index contributed by atoms with van der Waals surface area (Å²) < 4.78 is 0. The summed E-state index contributed by atoms with van der Waals surface area (Å²) in [5, 5.41) is 14.9. The summed E-state index contributed by atoms with van der Waals surface area (Å²) in [6, 6.07) is 18.4. The lowest BCUT2D eigenvalue weighted by molar-refractivity contribution is 0.102. The zero-order valence-corrected chi connectivity index (χ0v) is 15.2. The van der Waals surface area contributed by atoms with Crippen molar-refractivity contribution in [1.29, 1.82) is 5.26 Å². The van der Waals surface area contributed by atoms with E-state index in [1.807, 2.05) is 30.3 Å². The van der Waals surface area contributed by atoms with E-state index in [0.717, 1.165) is 6.42 Å². The summed E-state index contributed by atoms with van der Waals surface area (Å²) in [4.78, 5) is 21.2. The third kappa shape index (κ3) is 4.67. The zero-order chi connectivity index (χ0) is 19.2. The standard InChI is InChI=1S/C21H19N5O/c1-3-15-7-9-17(10-8-15)24-20(27)19-11-14(2)23-21(26-19)25-18-6-4-5-16(12-18)13-22/h4-12H,3H2,1-2H3,(H,24,27)(H,23,25,26). The molecule has 0 unspecified atom stereocenters. The number of carbonyl (C=O) groups is 1. The zero-order valence-electron chi connectivity index (χ0n) is 15.2. The molecule has 0 saturated carbocycles. The first kappa shape index (κ1) is 18.1. The number of carbonyl (C=O) groups excluding carboxylic acids is 1. The molecule has 0 radical (unpaired) electrons. The molecular weight excluding hydrogens is 338 g/mol. The van der Waals surface area contributed by atoms with Crippen molar-refractivity contribution in [2.24, 2.45) is 0 Å².